The van der Waals surface area contributed by atoms with Gasteiger partial charge in [0.15, 0.2) is 0 Å². The van der Waals surface area contributed by atoms with Gasteiger partial charge in [0.05, 0.1) is 11.9 Å². The molecule has 0 spiro atoms. The molecule has 6 heteroatoms. The molecule has 0 N–H and O–H groups in total. The van der Waals surface area contributed by atoms with E-state index in [1.54, 1.807) is 33.2 Å². The third-order valence-corrected chi connectivity index (χ3v) is 4.04. The van der Waals surface area contributed by atoms with Gasteiger partial charge in [-0.25, -0.2) is 8.42 Å². The van der Waals surface area contributed by atoms with E-state index in [4.69, 9.17) is 0 Å². The normalized spacial score (nSPS) is 12.9. The van der Waals surface area contributed by atoms with Crippen molar-refractivity contribution in [1.29, 1.82) is 0 Å². The van der Waals surface area contributed by atoms with Gasteiger partial charge in [-0.05, 0) is 26.0 Å². The summed E-state index contributed by atoms with van der Waals surface area (Å²) in [6.45, 7) is 3.51. The predicted molar refractivity (Wildman–Crippen MR) is 76.7 cm³/mol. The summed E-state index contributed by atoms with van der Waals surface area (Å²) in [6.07, 6.45) is 1.10. The highest BCUT2D eigenvalue weighted by molar-refractivity contribution is 7.92. The van der Waals surface area contributed by atoms with Gasteiger partial charge in [0.25, 0.3) is 0 Å². The zero-order chi connectivity index (χ0) is 14.8. The zero-order valence-corrected chi connectivity index (χ0v) is 12.7. The first-order valence-electron chi connectivity index (χ1n) is 5.92. The lowest BCUT2D eigenvalue weighted by Gasteiger charge is -2.29. The molecule has 0 bridgehead atoms. The molecule has 0 fully saturated rings. The van der Waals surface area contributed by atoms with Crippen molar-refractivity contribution in [2.75, 3.05) is 24.7 Å². The lowest BCUT2D eigenvalue weighted by Crippen LogP contribution is -2.47. The Morgan fingerprint density at radius 3 is 2.00 bits per heavy atom. The standard InChI is InChI=1S/C13H20N2O3S/c1-10-6-8-12(9-7-10)15(19(5,17)18)11(2)13(16)14(3)4/h6-9,11H,1-5H3/t11-/m0/s1. The van der Waals surface area contributed by atoms with Crippen LogP contribution in [-0.2, 0) is 14.8 Å². The molecule has 19 heavy (non-hydrogen) atoms. The number of sulfonamides is 1. The molecule has 0 heterocycles. The third-order valence-electron chi connectivity index (χ3n) is 2.80. The molecule has 0 unspecified atom stereocenters. The molecule has 0 saturated carbocycles. The Morgan fingerprint density at radius 1 is 1.16 bits per heavy atom. The first-order valence-corrected chi connectivity index (χ1v) is 7.76. The highest BCUT2D eigenvalue weighted by Gasteiger charge is 2.29. The van der Waals surface area contributed by atoms with Crippen LogP contribution < -0.4 is 4.31 Å². The molecule has 5 nitrogen and oxygen atoms in total. The van der Waals surface area contributed by atoms with E-state index in [0.717, 1.165) is 16.1 Å². The second-order valence-corrected chi connectivity index (χ2v) is 6.66. The van der Waals surface area contributed by atoms with Crippen LogP contribution in [0.25, 0.3) is 0 Å². The Labute approximate surface area is 114 Å². The first kappa shape index (κ1) is 15.5. The molecule has 1 aromatic carbocycles. The molecule has 0 aliphatic carbocycles. The topological polar surface area (TPSA) is 57.7 Å². The van der Waals surface area contributed by atoms with E-state index in [9.17, 15) is 13.2 Å². The van der Waals surface area contributed by atoms with E-state index in [1.165, 1.54) is 4.90 Å². The molecule has 0 aromatic heterocycles. The maximum absolute atomic E-state index is 12.0. The number of carbonyl (C=O) groups is 1. The number of likely N-dealkylation sites (N-methyl/N-ethyl adjacent to an activating group) is 1. The van der Waals surface area contributed by atoms with Crippen molar-refractivity contribution < 1.29 is 13.2 Å². The van der Waals surface area contributed by atoms with Crippen molar-refractivity contribution in [3.05, 3.63) is 29.8 Å². The largest absolute Gasteiger partial charge is 0.347 e. The zero-order valence-electron chi connectivity index (χ0n) is 11.9. The average Bonchev–Trinajstić information content (AvgIpc) is 2.29. The average molecular weight is 284 g/mol. The van der Waals surface area contributed by atoms with Crippen LogP contribution >= 0.6 is 0 Å². The molecule has 1 aromatic rings. The van der Waals surface area contributed by atoms with Crippen LogP contribution in [0, 0.1) is 6.92 Å². The minimum atomic E-state index is -3.52. The molecule has 1 atom stereocenters. The highest BCUT2D eigenvalue weighted by atomic mass is 32.2. The van der Waals surface area contributed by atoms with Crippen LogP contribution in [-0.4, -0.2) is 45.6 Å². The van der Waals surface area contributed by atoms with E-state index >= 15 is 0 Å². The summed E-state index contributed by atoms with van der Waals surface area (Å²) in [7, 11) is -0.312. The van der Waals surface area contributed by atoms with Gasteiger partial charge in [-0.15, -0.1) is 0 Å². The summed E-state index contributed by atoms with van der Waals surface area (Å²) in [5.74, 6) is -0.258. The summed E-state index contributed by atoms with van der Waals surface area (Å²) >= 11 is 0. The molecule has 1 amide bonds. The second-order valence-electron chi connectivity index (χ2n) is 4.80. The number of benzene rings is 1. The first-order chi connectivity index (χ1) is 8.64. The van der Waals surface area contributed by atoms with Crippen molar-refractivity contribution in [1.82, 2.24) is 4.90 Å². The fraction of sp³-hybridized carbons (Fsp3) is 0.462. The van der Waals surface area contributed by atoms with Crippen molar-refractivity contribution >= 4 is 21.6 Å². The highest BCUT2D eigenvalue weighted by Crippen LogP contribution is 2.21. The van der Waals surface area contributed by atoms with E-state index in [0.29, 0.717) is 5.69 Å². The van der Waals surface area contributed by atoms with Gasteiger partial charge in [0.1, 0.15) is 6.04 Å². The Hall–Kier alpha value is -1.56. The quantitative estimate of drug-likeness (QED) is 0.836. The monoisotopic (exact) mass is 284 g/mol. The number of rotatable bonds is 4. The molecule has 0 aliphatic rings. The van der Waals surface area contributed by atoms with Gasteiger partial charge in [0, 0.05) is 14.1 Å². The van der Waals surface area contributed by atoms with Crippen LogP contribution in [0.15, 0.2) is 24.3 Å². The molecular formula is C13H20N2O3S. The summed E-state index contributed by atoms with van der Waals surface area (Å²) in [5, 5.41) is 0. The smallest absolute Gasteiger partial charge is 0.245 e. The number of hydrogen-bond donors (Lipinski definition) is 0. The second kappa shape index (κ2) is 5.61. The Balaban J connectivity index is 3.24. The Bertz CT molecular complexity index is 550. The number of hydrogen-bond acceptors (Lipinski definition) is 3. The summed E-state index contributed by atoms with van der Waals surface area (Å²) in [5.41, 5.74) is 1.53. The predicted octanol–water partition coefficient (Wildman–Crippen LogP) is 1.24. The van der Waals surface area contributed by atoms with Crippen molar-refractivity contribution in [3.8, 4) is 0 Å². The molecule has 1 rings (SSSR count). The van der Waals surface area contributed by atoms with E-state index in [-0.39, 0.29) is 5.91 Å². The molecule has 0 radical (unpaired) electrons. The van der Waals surface area contributed by atoms with Gasteiger partial charge >= 0.3 is 0 Å². The van der Waals surface area contributed by atoms with Crippen LogP contribution in [0.1, 0.15) is 12.5 Å². The van der Waals surface area contributed by atoms with Gasteiger partial charge in [-0.1, -0.05) is 17.7 Å². The van der Waals surface area contributed by atoms with Crippen LogP contribution in [0.3, 0.4) is 0 Å². The lowest BCUT2D eigenvalue weighted by atomic mass is 10.2. The third kappa shape index (κ3) is 3.70. The number of aryl methyl sites for hydroxylation is 1. The van der Waals surface area contributed by atoms with Gasteiger partial charge < -0.3 is 4.90 Å². The lowest BCUT2D eigenvalue weighted by molar-refractivity contribution is -0.129. The maximum atomic E-state index is 12.0. The van der Waals surface area contributed by atoms with Crippen LogP contribution in [0.4, 0.5) is 5.69 Å². The number of anilines is 1. The molecular weight excluding hydrogens is 264 g/mol. The Kier molecular flexibility index (Phi) is 4.57. The van der Waals surface area contributed by atoms with Crippen molar-refractivity contribution in [2.45, 2.75) is 19.9 Å². The fourth-order valence-electron chi connectivity index (χ4n) is 1.87. The number of carbonyl (C=O) groups excluding carboxylic acids is 1. The summed E-state index contributed by atoms with van der Waals surface area (Å²) in [4.78, 5) is 13.4. The van der Waals surface area contributed by atoms with E-state index < -0.39 is 16.1 Å². The van der Waals surface area contributed by atoms with Gasteiger partial charge in [-0.2, -0.15) is 0 Å². The molecule has 0 saturated heterocycles. The minimum Gasteiger partial charge on any atom is -0.347 e. The minimum absolute atomic E-state index is 0.258. The van der Waals surface area contributed by atoms with Crippen molar-refractivity contribution in [3.63, 3.8) is 0 Å². The van der Waals surface area contributed by atoms with Crippen LogP contribution in [0.5, 0.6) is 0 Å². The molecule has 0 aliphatic heterocycles. The maximum Gasteiger partial charge on any atom is 0.245 e. The van der Waals surface area contributed by atoms with Crippen molar-refractivity contribution in [2.24, 2.45) is 0 Å². The summed E-state index contributed by atoms with van der Waals surface area (Å²) in [6, 6.07) is 6.28. The van der Waals surface area contributed by atoms with Crippen LogP contribution in [0.2, 0.25) is 0 Å². The van der Waals surface area contributed by atoms with Gasteiger partial charge in [0.2, 0.25) is 15.9 Å². The summed E-state index contributed by atoms with van der Waals surface area (Å²) < 4.78 is 25.0. The number of amides is 1. The SMILES string of the molecule is Cc1ccc(N([C@@H](C)C(=O)N(C)C)S(C)(=O)=O)cc1. The Morgan fingerprint density at radius 2 is 1.63 bits per heavy atom. The fourth-order valence-corrected chi connectivity index (χ4v) is 3.04. The van der Waals surface area contributed by atoms with E-state index in [2.05, 4.69) is 0 Å². The molecule has 106 valence electrons. The van der Waals surface area contributed by atoms with Gasteiger partial charge in [-0.3, -0.25) is 9.10 Å². The number of nitrogens with zero attached hydrogens (tertiary/aromatic N) is 2. The van der Waals surface area contributed by atoms with E-state index in [1.807, 2.05) is 19.1 Å².